The summed E-state index contributed by atoms with van der Waals surface area (Å²) in [5.41, 5.74) is 13.0. The highest BCUT2D eigenvalue weighted by molar-refractivity contribution is 7.98. The van der Waals surface area contributed by atoms with Crippen LogP contribution in [0.25, 0.3) is 39.4 Å². The zero-order chi connectivity index (χ0) is 27.5. The Morgan fingerprint density at radius 3 is 2.40 bits per heavy atom. The van der Waals surface area contributed by atoms with E-state index in [0.717, 1.165) is 33.5 Å². The SMILES string of the molecule is CSc1ccc(-c2cnc3c(c2)nc(-c2cccnc2N)n3-c2ccc(CNC(=O)c3ccccc3)cc2)cc1. The number of hydrogen-bond donors (Lipinski definition) is 2. The Balaban J connectivity index is 1.36. The minimum Gasteiger partial charge on any atom is -0.383 e. The molecule has 6 rings (SSSR count). The van der Waals surface area contributed by atoms with E-state index in [0.29, 0.717) is 29.4 Å². The monoisotopic (exact) mass is 542 g/mol. The van der Waals surface area contributed by atoms with Gasteiger partial charge in [0.2, 0.25) is 0 Å². The Morgan fingerprint density at radius 1 is 0.900 bits per heavy atom. The average Bonchev–Trinajstić information content (AvgIpc) is 3.39. The summed E-state index contributed by atoms with van der Waals surface area (Å²) in [5, 5.41) is 2.98. The maximum Gasteiger partial charge on any atom is 0.251 e. The number of pyridine rings is 2. The summed E-state index contributed by atoms with van der Waals surface area (Å²) < 4.78 is 2.00. The van der Waals surface area contributed by atoms with Crippen molar-refractivity contribution in [3.8, 4) is 28.2 Å². The molecule has 0 bridgehead atoms. The van der Waals surface area contributed by atoms with Gasteiger partial charge in [-0.25, -0.2) is 15.0 Å². The third-order valence-electron chi connectivity index (χ3n) is 6.68. The van der Waals surface area contributed by atoms with Crippen molar-refractivity contribution < 1.29 is 4.79 Å². The van der Waals surface area contributed by atoms with Gasteiger partial charge in [-0.1, -0.05) is 42.5 Å². The Morgan fingerprint density at radius 2 is 1.68 bits per heavy atom. The van der Waals surface area contributed by atoms with Gasteiger partial charge >= 0.3 is 0 Å². The second kappa shape index (κ2) is 11.0. The van der Waals surface area contributed by atoms with Gasteiger partial charge < -0.3 is 11.1 Å². The lowest BCUT2D eigenvalue weighted by molar-refractivity contribution is 0.0951. The fourth-order valence-electron chi connectivity index (χ4n) is 4.57. The Hall–Kier alpha value is -4.95. The number of hydrogen-bond acceptors (Lipinski definition) is 6. The van der Waals surface area contributed by atoms with Gasteiger partial charge in [0.15, 0.2) is 11.5 Å². The normalized spacial score (nSPS) is 11.0. The van der Waals surface area contributed by atoms with E-state index in [4.69, 9.17) is 15.7 Å². The minimum absolute atomic E-state index is 0.109. The lowest BCUT2D eigenvalue weighted by atomic mass is 10.1. The molecule has 0 aliphatic carbocycles. The maximum atomic E-state index is 12.5. The van der Waals surface area contributed by atoms with Gasteiger partial charge in [-0.15, -0.1) is 11.8 Å². The summed E-state index contributed by atoms with van der Waals surface area (Å²) in [7, 11) is 0. The van der Waals surface area contributed by atoms with Crippen molar-refractivity contribution in [2.24, 2.45) is 0 Å². The lowest BCUT2D eigenvalue weighted by Gasteiger charge is -2.11. The van der Waals surface area contributed by atoms with Crippen molar-refractivity contribution in [1.82, 2.24) is 24.8 Å². The number of carbonyl (C=O) groups is 1. The van der Waals surface area contributed by atoms with Crippen LogP contribution in [0.5, 0.6) is 0 Å². The first-order chi connectivity index (χ1) is 19.6. The Labute approximate surface area is 236 Å². The van der Waals surface area contributed by atoms with E-state index in [-0.39, 0.29) is 5.91 Å². The summed E-state index contributed by atoms with van der Waals surface area (Å²) in [6.07, 6.45) is 5.60. The molecule has 3 aromatic carbocycles. The first kappa shape index (κ1) is 25.3. The third kappa shape index (κ3) is 5.04. The topological polar surface area (TPSA) is 98.7 Å². The van der Waals surface area contributed by atoms with Crippen molar-refractivity contribution in [3.05, 3.63) is 121 Å². The molecule has 0 fully saturated rings. The van der Waals surface area contributed by atoms with E-state index >= 15 is 0 Å². The summed E-state index contributed by atoms with van der Waals surface area (Å²) in [6, 6.07) is 31.4. The first-order valence-corrected chi connectivity index (χ1v) is 14.0. The van der Waals surface area contributed by atoms with E-state index in [1.807, 2.05) is 65.4 Å². The number of rotatable bonds is 7. The highest BCUT2D eigenvalue weighted by atomic mass is 32.2. The molecule has 0 aliphatic heterocycles. The number of aromatic nitrogens is 4. The number of thioether (sulfide) groups is 1. The number of anilines is 1. The van der Waals surface area contributed by atoms with E-state index < -0.39 is 0 Å². The highest BCUT2D eigenvalue weighted by Gasteiger charge is 2.18. The number of nitrogens with zero attached hydrogens (tertiary/aromatic N) is 4. The number of carbonyl (C=O) groups excluding carboxylic acids is 1. The molecule has 6 aromatic rings. The second-order valence-electron chi connectivity index (χ2n) is 9.22. The van der Waals surface area contributed by atoms with E-state index in [9.17, 15) is 4.79 Å². The molecule has 0 saturated heterocycles. The summed E-state index contributed by atoms with van der Waals surface area (Å²) in [5.74, 6) is 0.947. The molecule has 0 radical (unpaired) electrons. The summed E-state index contributed by atoms with van der Waals surface area (Å²) in [6.45, 7) is 0.415. The van der Waals surface area contributed by atoms with Crippen molar-refractivity contribution in [1.29, 1.82) is 0 Å². The molecule has 3 aromatic heterocycles. The van der Waals surface area contributed by atoms with Crippen LogP contribution in [0.4, 0.5) is 5.82 Å². The van der Waals surface area contributed by atoms with Gasteiger partial charge in [0.05, 0.1) is 5.56 Å². The molecule has 3 N–H and O–H groups in total. The van der Waals surface area contributed by atoms with Crippen LogP contribution in [0, 0.1) is 0 Å². The van der Waals surface area contributed by atoms with E-state index in [1.54, 1.807) is 30.1 Å². The molecule has 0 atom stereocenters. The largest absolute Gasteiger partial charge is 0.383 e. The Kier molecular flexibility index (Phi) is 6.99. The van der Waals surface area contributed by atoms with Gasteiger partial charge in [-0.05, 0) is 72.0 Å². The molecule has 0 spiro atoms. The van der Waals surface area contributed by atoms with Crippen molar-refractivity contribution in [3.63, 3.8) is 0 Å². The van der Waals surface area contributed by atoms with Gasteiger partial charge in [0, 0.05) is 40.6 Å². The maximum absolute atomic E-state index is 12.5. The molecular formula is C32H26N6OS. The number of benzene rings is 3. The van der Waals surface area contributed by atoms with Crippen LogP contribution < -0.4 is 11.1 Å². The second-order valence-corrected chi connectivity index (χ2v) is 10.1. The number of fused-ring (bicyclic) bond motifs is 1. The molecule has 0 saturated carbocycles. The molecule has 7 nitrogen and oxygen atoms in total. The zero-order valence-corrected chi connectivity index (χ0v) is 22.6. The lowest BCUT2D eigenvalue weighted by Crippen LogP contribution is -2.22. The zero-order valence-electron chi connectivity index (χ0n) is 21.8. The van der Waals surface area contributed by atoms with Crippen LogP contribution in [0.2, 0.25) is 0 Å². The van der Waals surface area contributed by atoms with Crippen LogP contribution in [0.15, 0.2) is 114 Å². The molecule has 0 unspecified atom stereocenters. The van der Waals surface area contributed by atoms with Crippen LogP contribution in [0.1, 0.15) is 15.9 Å². The van der Waals surface area contributed by atoms with Crippen molar-refractivity contribution in [2.75, 3.05) is 12.0 Å². The van der Waals surface area contributed by atoms with Crippen LogP contribution in [0.3, 0.4) is 0 Å². The quantitative estimate of drug-likeness (QED) is 0.227. The smallest absolute Gasteiger partial charge is 0.251 e. The number of imidazole rings is 1. The highest BCUT2D eigenvalue weighted by Crippen LogP contribution is 2.32. The van der Waals surface area contributed by atoms with Crippen molar-refractivity contribution >= 4 is 34.7 Å². The van der Waals surface area contributed by atoms with E-state index in [1.165, 1.54) is 4.90 Å². The fraction of sp³-hybridized carbons (Fsp3) is 0.0625. The molecular weight excluding hydrogens is 516 g/mol. The Bertz CT molecular complexity index is 1800. The molecule has 0 aliphatic rings. The van der Waals surface area contributed by atoms with Gasteiger partial charge in [-0.2, -0.15) is 0 Å². The third-order valence-corrected chi connectivity index (χ3v) is 7.43. The predicted octanol–water partition coefficient (Wildman–Crippen LogP) is 6.38. The number of nitrogens with two attached hydrogens (primary N) is 1. The minimum atomic E-state index is -0.109. The van der Waals surface area contributed by atoms with Crippen LogP contribution in [-0.4, -0.2) is 31.7 Å². The number of amides is 1. The first-order valence-electron chi connectivity index (χ1n) is 12.8. The molecule has 40 heavy (non-hydrogen) atoms. The van der Waals surface area contributed by atoms with Gasteiger partial charge in [0.25, 0.3) is 5.91 Å². The average molecular weight is 543 g/mol. The van der Waals surface area contributed by atoms with Gasteiger partial charge in [0.1, 0.15) is 11.3 Å². The number of nitrogen functional groups attached to an aromatic ring is 1. The van der Waals surface area contributed by atoms with E-state index in [2.05, 4.69) is 46.9 Å². The van der Waals surface area contributed by atoms with Crippen LogP contribution in [-0.2, 0) is 6.54 Å². The van der Waals surface area contributed by atoms with Crippen LogP contribution >= 0.6 is 11.8 Å². The molecule has 3 heterocycles. The molecule has 1 amide bonds. The predicted molar refractivity (Wildman–Crippen MR) is 161 cm³/mol. The fourth-order valence-corrected chi connectivity index (χ4v) is 4.98. The van der Waals surface area contributed by atoms with Crippen molar-refractivity contribution in [2.45, 2.75) is 11.4 Å². The molecule has 196 valence electrons. The standard InChI is InChI=1S/C32H26N6OS/c1-40-26-15-11-22(12-16-26)24-18-28-31(35-20-24)38(30(37-28)27-8-5-17-34-29(27)33)25-13-9-21(10-14-25)19-36-32(39)23-6-3-2-4-7-23/h2-18,20H,19H2,1H3,(H2,33,34)(H,36,39). The summed E-state index contributed by atoms with van der Waals surface area (Å²) in [4.78, 5) is 27.8. The summed E-state index contributed by atoms with van der Waals surface area (Å²) >= 11 is 1.71. The number of nitrogens with one attached hydrogen (secondary N) is 1. The van der Waals surface area contributed by atoms with Gasteiger partial charge in [-0.3, -0.25) is 9.36 Å². The molecule has 8 heteroatoms.